The Bertz CT molecular complexity index is 502. The average Bonchev–Trinajstić information content (AvgIpc) is 2.86. The van der Waals surface area contributed by atoms with Gasteiger partial charge in [0.1, 0.15) is 9.75 Å². The lowest BCUT2D eigenvalue weighted by Crippen LogP contribution is -1.89. The summed E-state index contributed by atoms with van der Waals surface area (Å²) in [5.74, 6) is -1.93. The molecule has 2 rings (SSSR count). The molecule has 0 saturated heterocycles. The summed E-state index contributed by atoms with van der Waals surface area (Å²) in [7, 11) is 0. The van der Waals surface area contributed by atoms with Crippen molar-refractivity contribution in [3.8, 4) is 9.75 Å². The third-order valence-corrected chi connectivity index (χ3v) is 4.22. The van der Waals surface area contributed by atoms with E-state index >= 15 is 0 Å². The molecule has 0 unspecified atom stereocenters. The summed E-state index contributed by atoms with van der Waals surface area (Å²) >= 11 is 2.27. The lowest BCUT2D eigenvalue weighted by Gasteiger charge is -1.88. The molecule has 2 aromatic rings. The molecular formula is C10H6O4S2. The number of hydrogen-bond donors (Lipinski definition) is 2. The highest BCUT2D eigenvalue weighted by molar-refractivity contribution is 7.23. The first-order valence-corrected chi connectivity index (χ1v) is 5.88. The number of aromatic carboxylic acids is 2. The van der Waals surface area contributed by atoms with Crippen LogP contribution in [0.1, 0.15) is 19.3 Å². The molecule has 0 aliphatic rings. The number of carboxylic acid groups (broad SMARTS) is 2. The van der Waals surface area contributed by atoms with E-state index in [1.165, 1.54) is 12.1 Å². The standard InChI is InChI=1S/C10H6O4S2/c11-9(12)7-3-1-5(15-7)6-2-4-8(16-6)10(13)14/h1-4H,(H,11,12)(H,13,14). The van der Waals surface area contributed by atoms with E-state index in [4.69, 9.17) is 10.2 Å². The molecular weight excluding hydrogens is 248 g/mol. The van der Waals surface area contributed by atoms with E-state index in [-0.39, 0.29) is 9.75 Å². The van der Waals surface area contributed by atoms with Crippen molar-refractivity contribution in [3.63, 3.8) is 0 Å². The monoisotopic (exact) mass is 254 g/mol. The normalized spacial score (nSPS) is 10.2. The third kappa shape index (κ3) is 1.98. The zero-order chi connectivity index (χ0) is 11.7. The summed E-state index contributed by atoms with van der Waals surface area (Å²) in [6.45, 7) is 0. The molecule has 2 aromatic heterocycles. The summed E-state index contributed by atoms with van der Waals surface area (Å²) in [5, 5.41) is 17.5. The Morgan fingerprint density at radius 1 is 0.812 bits per heavy atom. The second kappa shape index (κ2) is 4.07. The minimum atomic E-state index is -0.966. The van der Waals surface area contributed by atoms with Crippen molar-refractivity contribution in [3.05, 3.63) is 34.0 Å². The van der Waals surface area contributed by atoms with Gasteiger partial charge in [0.25, 0.3) is 0 Å². The number of carboxylic acids is 2. The highest BCUT2D eigenvalue weighted by Crippen LogP contribution is 2.33. The van der Waals surface area contributed by atoms with Crippen LogP contribution in [-0.2, 0) is 0 Å². The number of carbonyl (C=O) groups is 2. The summed E-state index contributed by atoms with van der Waals surface area (Å²) in [5.41, 5.74) is 0. The van der Waals surface area contributed by atoms with E-state index in [0.717, 1.165) is 32.4 Å². The van der Waals surface area contributed by atoms with Gasteiger partial charge >= 0.3 is 11.9 Å². The molecule has 16 heavy (non-hydrogen) atoms. The van der Waals surface area contributed by atoms with Crippen LogP contribution in [0, 0.1) is 0 Å². The molecule has 82 valence electrons. The molecule has 0 bridgehead atoms. The van der Waals surface area contributed by atoms with Gasteiger partial charge in [0, 0.05) is 9.75 Å². The highest BCUT2D eigenvalue weighted by Gasteiger charge is 2.12. The Kier molecular flexibility index (Phi) is 2.76. The molecule has 0 spiro atoms. The summed E-state index contributed by atoms with van der Waals surface area (Å²) in [6.07, 6.45) is 0. The average molecular weight is 254 g/mol. The fourth-order valence-corrected chi connectivity index (χ4v) is 2.95. The van der Waals surface area contributed by atoms with Crippen molar-refractivity contribution in [2.45, 2.75) is 0 Å². The predicted molar refractivity (Wildman–Crippen MR) is 61.6 cm³/mol. The number of hydrogen-bond acceptors (Lipinski definition) is 4. The van der Waals surface area contributed by atoms with Gasteiger partial charge in [-0.25, -0.2) is 9.59 Å². The number of thiophene rings is 2. The lowest BCUT2D eigenvalue weighted by atomic mass is 10.3. The molecule has 0 amide bonds. The van der Waals surface area contributed by atoms with E-state index in [2.05, 4.69) is 0 Å². The van der Waals surface area contributed by atoms with Crippen LogP contribution < -0.4 is 0 Å². The topological polar surface area (TPSA) is 74.6 Å². The molecule has 0 radical (unpaired) electrons. The predicted octanol–water partition coefficient (Wildman–Crippen LogP) is 2.87. The maximum Gasteiger partial charge on any atom is 0.345 e. The molecule has 2 N–H and O–H groups in total. The smallest absolute Gasteiger partial charge is 0.345 e. The van der Waals surface area contributed by atoms with Crippen LogP contribution in [0.4, 0.5) is 0 Å². The largest absolute Gasteiger partial charge is 0.477 e. The SMILES string of the molecule is O=C(O)c1ccc(-c2ccc(C(=O)O)s2)s1. The Labute approximate surface area is 98.4 Å². The minimum Gasteiger partial charge on any atom is -0.477 e. The first-order chi connectivity index (χ1) is 7.58. The van der Waals surface area contributed by atoms with Gasteiger partial charge in [-0.15, -0.1) is 22.7 Å². The van der Waals surface area contributed by atoms with Gasteiger partial charge < -0.3 is 10.2 Å². The van der Waals surface area contributed by atoms with Crippen molar-refractivity contribution in [2.24, 2.45) is 0 Å². The van der Waals surface area contributed by atoms with E-state index in [0.29, 0.717) is 0 Å². The van der Waals surface area contributed by atoms with Crippen LogP contribution in [0.15, 0.2) is 24.3 Å². The van der Waals surface area contributed by atoms with E-state index < -0.39 is 11.9 Å². The first-order valence-electron chi connectivity index (χ1n) is 4.24. The Morgan fingerprint density at radius 3 is 1.44 bits per heavy atom. The quantitative estimate of drug-likeness (QED) is 0.883. The van der Waals surface area contributed by atoms with Gasteiger partial charge in [-0.05, 0) is 24.3 Å². The van der Waals surface area contributed by atoms with Crippen molar-refractivity contribution < 1.29 is 19.8 Å². The van der Waals surface area contributed by atoms with Crippen molar-refractivity contribution in [2.75, 3.05) is 0 Å². The Morgan fingerprint density at radius 2 is 1.19 bits per heavy atom. The van der Waals surface area contributed by atoms with Crippen LogP contribution in [-0.4, -0.2) is 22.2 Å². The third-order valence-electron chi connectivity index (χ3n) is 1.88. The molecule has 2 heterocycles. The van der Waals surface area contributed by atoms with Crippen molar-refractivity contribution >= 4 is 34.6 Å². The lowest BCUT2D eigenvalue weighted by molar-refractivity contribution is 0.0691. The molecule has 0 saturated carbocycles. The second-order valence-electron chi connectivity index (χ2n) is 2.94. The van der Waals surface area contributed by atoms with Gasteiger partial charge in [-0.2, -0.15) is 0 Å². The van der Waals surface area contributed by atoms with Crippen LogP contribution in [0.3, 0.4) is 0 Å². The van der Waals surface area contributed by atoms with E-state index in [1.807, 2.05) is 0 Å². The molecule has 0 atom stereocenters. The van der Waals surface area contributed by atoms with Gasteiger partial charge in [0.2, 0.25) is 0 Å². The van der Waals surface area contributed by atoms with E-state index in [9.17, 15) is 9.59 Å². The summed E-state index contributed by atoms with van der Waals surface area (Å²) < 4.78 is 0. The summed E-state index contributed by atoms with van der Waals surface area (Å²) in [6, 6.07) is 6.40. The molecule has 6 heteroatoms. The van der Waals surface area contributed by atoms with Crippen LogP contribution in [0.5, 0.6) is 0 Å². The van der Waals surface area contributed by atoms with Gasteiger partial charge in [-0.3, -0.25) is 0 Å². The van der Waals surface area contributed by atoms with E-state index in [1.54, 1.807) is 12.1 Å². The first kappa shape index (κ1) is 10.8. The maximum absolute atomic E-state index is 10.7. The fourth-order valence-electron chi connectivity index (χ4n) is 1.17. The van der Waals surface area contributed by atoms with Gasteiger partial charge in [0.05, 0.1) is 0 Å². The molecule has 0 fully saturated rings. The molecule has 0 aromatic carbocycles. The van der Waals surface area contributed by atoms with Crippen molar-refractivity contribution in [1.29, 1.82) is 0 Å². The Hall–Kier alpha value is -1.66. The van der Waals surface area contributed by atoms with Crippen LogP contribution in [0.2, 0.25) is 0 Å². The zero-order valence-corrected chi connectivity index (χ0v) is 9.47. The zero-order valence-electron chi connectivity index (χ0n) is 7.84. The maximum atomic E-state index is 10.7. The van der Waals surface area contributed by atoms with Crippen LogP contribution in [0.25, 0.3) is 9.75 Å². The molecule has 0 aliphatic carbocycles. The summed E-state index contributed by atoms with van der Waals surface area (Å²) in [4.78, 5) is 23.4. The van der Waals surface area contributed by atoms with Crippen molar-refractivity contribution in [1.82, 2.24) is 0 Å². The second-order valence-corrected chi connectivity index (χ2v) is 5.11. The van der Waals surface area contributed by atoms with Crippen LogP contribution >= 0.6 is 22.7 Å². The molecule has 4 nitrogen and oxygen atoms in total. The molecule has 0 aliphatic heterocycles. The number of rotatable bonds is 3. The van der Waals surface area contributed by atoms with Gasteiger partial charge in [-0.1, -0.05) is 0 Å². The highest BCUT2D eigenvalue weighted by atomic mass is 32.1. The fraction of sp³-hybridized carbons (Fsp3) is 0. The minimum absolute atomic E-state index is 0.250. The Balaban J connectivity index is 2.35. The van der Waals surface area contributed by atoms with Gasteiger partial charge in [0.15, 0.2) is 0 Å².